The van der Waals surface area contributed by atoms with Crippen LogP contribution < -0.4 is 5.32 Å². The molecule has 2 aromatic heterocycles. The van der Waals surface area contributed by atoms with Crippen LogP contribution in [0.2, 0.25) is 0 Å². The number of nitrogens with zero attached hydrogens (tertiary/aromatic N) is 2. The fourth-order valence-corrected chi connectivity index (χ4v) is 3.71. The van der Waals surface area contributed by atoms with E-state index in [0.29, 0.717) is 11.4 Å². The first-order valence-electron chi connectivity index (χ1n) is 8.31. The molecule has 6 heteroatoms. The minimum Gasteiger partial charge on any atom is -0.459 e. The zero-order valence-corrected chi connectivity index (χ0v) is 14.9. The number of thiophene rings is 1. The molecule has 1 aliphatic heterocycles. The van der Waals surface area contributed by atoms with Crippen molar-refractivity contribution in [2.75, 3.05) is 25.0 Å². The summed E-state index contributed by atoms with van der Waals surface area (Å²) in [5, 5.41) is 5.46. The van der Waals surface area contributed by atoms with Crippen LogP contribution in [-0.2, 0) is 17.7 Å². The standard InChI is InChI=1S/C18H23N3O2S/c1-13(2)23-18(22)15-4-3-7-19-17(15)20-8-10-21-9-5-16-14(12-21)6-11-24-16/h3-4,6-7,11,13H,5,8-10,12H2,1-2H3,(H,19,20). The third-order valence-corrected chi connectivity index (χ3v) is 5.00. The van der Waals surface area contributed by atoms with Gasteiger partial charge in [0, 0.05) is 37.3 Å². The molecule has 3 rings (SSSR count). The number of carbonyl (C=O) groups excluding carboxylic acids is 1. The molecule has 0 fully saturated rings. The van der Waals surface area contributed by atoms with Crippen molar-refractivity contribution in [2.24, 2.45) is 0 Å². The Balaban J connectivity index is 1.55. The van der Waals surface area contributed by atoms with Gasteiger partial charge < -0.3 is 10.1 Å². The fraction of sp³-hybridized carbons (Fsp3) is 0.444. The van der Waals surface area contributed by atoms with Crippen LogP contribution in [0.25, 0.3) is 0 Å². The Hall–Kier alpha value is -1.92. The van der Waals surface area contributed by atoms with Crippen LogP contribution in [0.5, 0.6) is 0 Å². The van der Waals surface area contributed by atoms with Crippen molar-refractivity contribution >= 4 is 23.1 Å². The number of ether oxygens (including phenoxy) is 1. The van der Waals surface area contributed by atoms with Gasteiger partial charge in [-0.1, -0.05) is 0 Å². The van der Waals surface area contributed by atoms with Gasteiger partial charge in [-0.05, 0) is 49.4 Å². The second-order valence-electron chi connectivity index (χ2n) is 6.18. The van der Waals surface area contributed by atoms with E-state index in [0.717, 1.165) is 32.6 Å². The molecule has 2 aromatic rings. The highest BCUT2D eigenvalue weighted by atomic mass is 32.1. The lowest BCUT2D eigenvalue weighted by molar-refractivity contribution is 0.0378. The molecule has 0 unspecified atom stereocenters. The van der Waals surface area contributed by atoms with Crippen LogP contribution in [0.15, 0.2) is 29.8 Å². The molecule has 0 aromatic carbocycles. The Kier molecular flexibility index (Phi) is 5.48. The molecule has 0 radical (unpaired) electrons. The first kappa shape index (κ1) is 16.9. The summed E-state index contributed by atoms with van der Waals surface area (Å²) in [6.07, 6.45) is 2.67. The van der Waals surface area contributed by atoms with Crippen LogP contribution in [-0.4, -0.2) is 41.6 Å². The fourth-order valence-electron chi connectivity index (χ4n) is 2.82. The topological polar surface area (TPSA) is 54.5 Å². The lowest BCUT2D eigenvalue weighted by Gasteiger charge is -2.26. The van der Waals surface area contributed by atoms with Gasteiger partial charge in [0.2, 0.25) is 0 Å². The Morgan fingerprint density at radius 1 is 1.46 bits per heavy atom. The zero-order chi connectivity index (χ0) is 16.9. The smallest absolute Gasteiger partial charge is 0.342 e. The van der Waals surface area contributed by atoms with E-state index in [2.05, 4.69) is 26.6 Å². The SMILES string of the molecule is CC(C)OC(=O)c1cccnc1NCCN1CCc2sccc2C1. The summed E-state index contributed by atoms with van der Waals surface area (Å²) in [4.78, 5) is 20.4. The number of nitrogens with one attached hydrogen (secondary N) is 1. The molecule has 1 aliphatic rings. The Labute approximate surface area is 146 Å². The molecule has 5 nitrogen and oxygen atoms in total. The van der Waals surface area contributed by atoms with E-state index in [1.165, 1.54) is 10.4 Å². The van der Waals surface area contributed by atoms with E-state index < -0.39 is 0 Å². The Morgan fingerprint density at radius 2 is 2.33 bits per heavy atom. The van der Waals surface area contributed by atoms with Crippen molar-refractivity contribution in [2.45, 2.75) is 32.9 Å². The van der Waals surface area contributed by atoms with Crippen molar-refractivity contribution in [3.8, 4) is 0 Å². The maximum atomic E-state index is 12.1. The quantitative estimate of drug-likeness (QED) is 0.815. The second-order valence-corrected chi connectivity index (χ2v) is 7.18. The van der Waals surface area contributed by atoms with Gasteiger partial charge in [-0.3, -0.25) is 4.90 Å². The first-order valence-corrected chi connectivity index (χ1v) is 9.19. The van der Waals surface area contributed by atoms with E-state index in [9.17, 15) is 4.79 Å². The number of hydrogen-bond donors (Lipinski definition) is 1. The summed E-state index contributed by atoms with van der Waals surface area (Å²) in [7, 11) is 0. The van der Waals surface area contributed by atoms with E-state index >= 15 is 0 Å². The molecular weight excluding hydrogens is 322 g/mol. The number of esters is 1. The van der Waals surface area contributed by atoms with Crippen molar-refractivity contribution < 1.29 is 9.53 Å². The van der Waals surface area contributed by atoms with E-state index in [1.54, 1.807) is 18.3 Å². The minimum atomic E-state index is -0.332. The molecule has 24 heavy (non-hydrogen) atoms. The first-order chi connectivity index (χ1) is 11.6. The largest absolute Gasteiger partial charge is 0.459 e. The molecule has 3 heterocycles. The molecule has 0 spiro atoms. The third kappa shape index (κ3) is 4.13. The van der Waals surface area contributed by atoms with Crippen LogP contribution in [0, 0.1) is 0 Å². The normalized spacial score (nSPS) is 14.5. The van der Waals surface area contributed by atoms with Crippen LogP contribution in [0.4, 0.5) is 5.82 Å². The van der Waals surface area contributed by atoms with E-state index in [1.807, 2.05) is 25.2 Å². The number of hydrogen-bond acceptors (Lipinski definition) is 6. The number of rotatable bonds is 6. The number of carbonyl (C=O) groups is 1. The predicted octanol–water partition coefficient (Wildman–Crippen LogP) is 3.18. The predicted molar refractivity (Wildman–Crippen MR) is 96.6 cm³/mol. The van der Waals surface area contributed by atoms with Crippen molar-refractivity contribution in [1.29, 1.82) is 0 Å². The van der Waals surface area contributed by atoms with E-state index in [4.69, 9.17) is 4.74 Å². The maximum Gasteiger partial charge on any atom is 0.342 e. The van der Waals surface area contributed by atoms with Crippen LogP contribution in [0.3, 0.4) is 0 Å². The second kappa shape index (κ2) is 7.77. The number of aromatic nitrogens is 1. The summed E-state index contributed by atoms with van der Waals surface area (Å²) in [6, 6.07) is 5.72. The number of pyridine rings is 1. The molecular formula is C18H23N3O2S. The molecule has 128 valence electrons. The number of anilines is 1. The van der Waals surface area contributed by atoms with Gasteiger partial charge >= 0.3 is 5.97 Å². The van der Waals surface area contributed by atoms with Crippen molar-refractivity contribution in [3.63, 3.8) is 0 Å². The van der Waals surface area contributed by atoms with Gasteiger partial charge in [-0.25, -0.2) is 9.78 Å². The van der Waals surface area contributed by atoms with Crippen molar-refractivity contribution in [1.82, 2.24) is 9.88 Å². The summed E-state index contributed by atoms with van der Waals surface area (Å²) in [6.45, 7) is 7.44. The average Bonchev–Trinajstić information content (AvgIpc) is 3.02. The monoisotopic (exact) mass is 345 g/mol. The molecule has 1 N–H and O–H groups in total. The van der Waals surface area contributed by atoms with E-state index in [-0.39, 0.29) is 12.1 Å². The van der Waals surface area contributed by atoms with Gasteiger partial charge in [-0.15, -0.1) is 11.3 Å². The van der Waals surface area contributed by atoms with Gasteiger partial charge in [0.25, 0.3) is 0 Å². The van der Waals surface area contributed by atoms with Gasteiger partial charge in [0.15, 0.2) is 0 Å². The van der Waals surface area contributed by atoms with Gasteiger partial charge in [-0.2, -0.15) is 0 Å². The van der Waals surface area contributed by atoms with Gasteiger partial charge in [0.1, 0.15) is 11.4 Å². The zero-order valence-electron chi connectivity index (χ0n) is 14.1. The van der Waals surface area contributed by atoms with Crippen molar-refractivity contribution in [3.05, 3.63) is 45.8 Å². The third-order valence-electron chi connectivity index (χ3n) is 3.98. The molecule has 0 aliphatic carbocycles. The lowest BCUT2D eigenvalue weighted by Crippen LogP contribution is -2.33. The summed E-state index contributed by atoms with van der Waals surface area (Å²) >= 11 is 1.85. The molecule has 0 amide bonds. The summed E-state index contributed by atoms with van der Waals surface area (Å²) < 4.78 is 5.28. The highest BCUT2D eigenvalue weighted by Crippen LogP contribution is 2.23. The lowest BCUT2D eigenvalue weighted by atomic mass is 10.1. The summed E-state index contributed by atoms with van der Waals surface area (Å²) in [5.74, 6) is 0.262. The maximum absolute atomic E-state index is 12.1. The highest BCUT2D eigenvalue weighted by Gasteiger charge is 2.18. The molecule has 0 saturated heterocycles. The van der Waals surface area contributed by atoms with Crippen LogP contribution >= 0.6 is 11.3 Å². The average molecular weight is 345 g/mol. The Morgan fingerprint density at radius 3 is 3.17 bits per heavy atom. The summed E-state index contributed by atoms with van der Waals surface area (Å²) in [5.41, 5.74) is 1.94. The highest BCUT2D eigenvalue weighted by molar-refractivity contribution is 7.10. The molecule has 0 saturated carbocycles. The number of fused-ring (bicyclic) bond motifs is 1. The van der Waals surface area contributed by atoms with Gasteiger partial charge in [0.05, 0.1) is 6.10 Å². The van der Waals surface area contributed by atoms with Crippen LogP contribution in [0.1, 0.15) is 34.6 Å². The molecule has 0 bridgehead atoms. The molecule has 0 atom stereocenters. The minimum absolute atomic E-state index is 0.140. The Bertz CT molecular complexity index is 699.